The van der Waals surface area contributed by atoms with E-state index in [2.05, 4.69) is 5.32 Å². The number of hydrogen-bond donors (Lipinski definition) is 1. The van der Waals surface area contributed by atoms with Crippen LogP contribution in [0, 0.1) is 0 Å². The van der Waals surface area contributed by atoms with Crippen LogP contribution >= 0.6 is 0 Å². The Morgan fingerprint density at radius 2 is 1.77 bits per heavy atom. The molecular weight excluding hydrogens is 454 g/mol. The van der Waals surface area contributed by atoms with E-state index in [4.69, 9.17) is 23.7 Å². The van der Waals surface area contributed by atoms with Gasteiger partial charge in [-0.05, 0) is 18.9 Å². The lowest BCUT2D eigenvalue weighted by Crippen LogP contribution is -2.68. The molecule has 1 amide bonds. The second-order valence-corrected chi connectivity index (χ2v) is 8.61. The fourth-order valence-electron chi connectivity index (χ4n) is 4.27. The molecule has 35 heavy (non-hydrogen) atoms. The molecule has 0 unspecified atom stereocenters. The number of carbonyl (C=O) groups excluding carboxylic acids is 2. The summed E-state index contributed by atoms with van der Waals surface area (Å²) >= 11 is 0. The number of nitrogens with one attached hydrogen (secondary N) is 1. The molecule has 2 aromatic rings. The Labute approximate surface area is 204 Å². The van der Waals surface area contributed by atoms with Crippen LogP contribution in [0.5, 0.6) is 0 Å². The first kappa shape index (κ1) is 25.3. The predicted octanol–water partition coefficient (Wildman–Crippen LogP) is 1.11. The molecule has 0 aliphatic carbocycles. The molecule has 4 rings (SSSR count). The van der Waals surface area contributed by atoms with Crippen LogP contribution in [0.2, 0.25) is 0 Å². The number of benzene rings is 2. The summed E-state index contributed by atoms with van der Waals surface area (Å²) in [6.07, 6.45) is -4.42. The Bertz CT molecular complexity index is 972. The van der Waals surface area contributed by atoms with E-state index in [0.717, 1.165) is 11.1 Å². The molecule has 2 aromatic carbocycles. The van der Waals surface area contributed by atoms with Gasteiger partial charge in [-0.3, -0.25) is 4.79 Å². The second kappa shape index (κ2) is 11.7. The first-order valence-electron chi connectivity index (χ1n) is 11.7. The normalized spacial score (nSPS) is 29.1. The first-order valence-corrected chi connectivity index (χ1v) is 11.7. The molecule has 1 N–H and O–H groups in total. The number of rotatable bonds is 9. The van der Waals surface area contributed by atoms with Crippen molar-refractivity contribution in [3.8, 4) is 0 Å². The van der Waals surface area contributed by atoms with Crippen molar-refractivity contribution in [3.05, 3.63) is 71.8 Å². The summed E-state index contributed by atoms with van der Waals surface area (Å²) in [6.45, 7) is 3.24. The van der Waals surface area contributed by atoms with Crippen molar-refractivity contribution in [1.82, 2.24) is 5.32 Å². The maximum atomic E-state index is 12.1. The molecule has 2 fully saturated rings. The average Bonchev–Trinajstić information content (AvgIpc) is 2.86. The number of carbonyl (C=O) groups is 2. The quantitative estimate of drug-likeness (QED) is 0.563. The van der Waals surface area contributed by atoms with E-state index in [9.17, 15) is 14.7 Å². The van der Waals surface area contributed by atoms with Gasteiger partial charge >= 0.3 is 0 Å². The largest absolute Gasteiger partial charge is 0.547 e. The van der Waals surface area contributed by atoms with Crippen molar-refractivity contribution in [2.24, 2.45) is 0 Å². The summed E-state index contributed by atoms with van der Waals surface area (Å²) in [5, 5.41) is 14.3. The molecule has 2 saturated heterocycles. The van der Waals surface area contributed by atoms with E-state index < -0.39 is 49.0 Å². The van der Waals surface area contributed by atoms with E-state index in [1.807, 2.05) is 60.7 Å². The van der Waals surface area contributed by atoms with Gasteiger partial charge in [-0.15, -0.1) is 0 Å². The van der Waals surface area contributed by atoms with Crippen LogP contribution in [0.25, 0.3) is 0 Å². The Morgan fingerprint density at radius 3 is 2.43 bits per heavy atom. The fourth-order valence-corrected chi connectivity index (χ4v) is 4.27. The molecule has 2 heterocycles. The van der Waals surface area contributed by atoms with Gasteiger partial charge in [0.15, 0.2) is 12.6 Å². The van der Waals surface area contributed by atoms with E-state index >= 15 is 0 Å². The minimum absolute atomic E-state index is 0.176. The van der Waals surface area contributed by atoms with Crippen LogP contribution in [-0.4, -0.2) is 61.8 Å². The van der Waals surface area contributed by atoms with Crippen molar-refractivity contribution < 1.29 is 38.4 Å². The number of carboxylic acids is 1. The van der Waals surface area contributed by atoms with Gasteiger partial charge in [0.2, 0.25) is 5.91 Å². The zero-order valence-electron chi connectivity index (χ0n) is 19.7. The molecule has 9 heteroatoms. The van der Waals surface area contributed by atoms with Crippen molar-refractivity contribution in [2.45, 2.75) is 63.3 Å². The molecule has 0 saturated carbocycles. The van der Waals surface area contributed by atoms with Gasteiger partial charge in [0.05, 0.1) is 25.3 Å². The minimum Gasteiger partial charge on any atom is -0.547 e. The third-order valence-electron chi connectivity index (χ3n) is 5.99. The molecule has 2 aliphatic heterocycles. The Morgan fingerprint density at radius 1 is 1.09 bits per heavy atom. The lowest BCUT2D eigenvalue weighted by molar-refractivity contribution is -0.357. The predicted molar refractivity (Wildman–Crippen MR) is 122 cm³/mol. The van der Waals surface area contributed by atoms with Crippen LogP contribution in [0.1, 0.15) is 31.3 Å². The third kappa shape index (κ3) is 6.45. The highest BCUT2D eigenvalue weighted by Gasteiger charge is 2.52. The van der Waals surface area contributed by atoms with Crippen molar-refractivity contribution in [2.75, 3.05) is 13.2 Å². The van der Waals surface area contributed by atoms with Gasteiger partial charge in [0.25, 0.3) is 0 Å². The fraction of sp³-hybridized carbons (Fsp3) is 0.462. The number of aliphatic carboxylic acids is 1. The van der Waals surface area contributed by atoms with Gasteiger partial charge in [-0.1, -0.05) is 60.7 Å². The smallest absolute Gasteiger partial charge is 0.217 e. The number of amides is 1. The second-order valence-electron chi connectivity index (χ2n) is 8.61. The summed E-state index contributed by atoms with van der Waals surface area (Å²) in [5.41, 5.74) is 1.89. The molecule has 0 radical (unpaired) electrons. The summed E-state index contributed by atoms with van der Waals surface area (Å²) in [5.74, 6) is -1.71. The molecule has 188 valence electrons. The highest BCUT2D eigenvalue weighted by molar-refractivity contribution is 5.73. The van der Waals surface area contributed by atoms with E-state index in [-0.39, 0.29) is 12.5 Å². The molecule has 0 bridgehead atoms. The molecule has 9 nitrogen and oxygen atoms in total. The summed E-state index contributed by atoms with van der Waals surface area (Å²) in [4.78, 5) is 23.6. The van der Waals surface area contributed by atoms with Gasteiger partial charge < -0.3 is 38.9 Å². The Kier molecular flexibility index (Phi) is 8.48. The number of fused-ring (bicyclic) bond motifs is 1. The monoisotopic (exact) mass is 484 g/mol. The van der Waals surface area contributed by atoms with Gasteiger partial charge in [0, 0.05) is 12.5 Å². The summed E-state index contributed by atoms with van der Waals surface area (Å²) in [7, 11) is 0. The molecular formula is C26H30NO8-. The summed E-state index contributed by atoms with van der Waals surface area (Å²) < 4.78 is 30.2. The van der Waals surface area contributed by atoms with E-state index in [1.165, 1.54) is 13.8 Å². The van der Waals surface area contributed by atoms with Crippen molar-refractivity contribution in [3.63, 3.8) is 0 Å². The number of carboxylic acid groups (broad SMARTS) is 1. The van der Waals surface area contributed by atoms with Crippen molar-refractivity contribution >= 4 is 11.9 Å². The number of hydrogen-bond acceptors (Lipinski definition) is 8. The van der Waals surface area contributed by atoms with Gasteiger partial charge in [-0.2, -0.15) is 0 Å². The van der Waals surface area contributed by atoms with Crippen LogP contribution < -0.4 is 10.4 Å². The van der Waals surface area contributed by atoms with Crippen LogP contribution in [-0.2, 0) is 39.7 Å². The zero-order chi connectivity index (χ0) is 24.8. The third-order valence-corrected chi connectivity index (χ3v) is 5.99. The lowest BCUT2D eigenvalue weighted by Gasteiger charge is -2.49. The van der Waals surface area contributed by atoms with E-state index in [1.54, 1.807) is 0 Å². The Hall–Kier alpha value is -2.82. The highest BCUT2D eigenvalue weighted by Crippen LogP contribution is 2.36. The summed E-state index contributed by atoms with van der Waals surface area (Å²) in [6, 6.07) is 18.4. The Balaban J connectivity index is 1.55. The van der Waals surface area contributed by atoms with Crippen molar-refractivity contribution in [1.29, 1.82) is 0 Å². The molecule has 0 aromatic heterocycles. The first-order chi connectivity index (χ1) is 16.9. The van der Waals surface area contributed by atoms with Crippen LogP contribution in [0.15, 0.2) is 60.7 Å². The molecule has 7 atom stereocenters. The van der Waals surface area contributed by atoms with Crippen LogP contribution in [0.3, 0.4) is 0 Å². The topological polar surface area (TPSA) is 115 Å². The average molecular weight is 485 g/mol. The standard InChI is InChI=1S/C26H31NO8/c1-16(24(29)30)33-23-21(27-17(2)28)26(31-14-13-18-9-5-3-6-10-18)34-20-15-32-25(35-22(20)23)19-11-7-4-8-12-19/h3-12,16,20-23,25-26H,13-15H2,1-2H3,(H,27,28)(H,29,30)/p-1/t16-,20+,21+,22+,23+,25-,26-/m1/s1. The lowest BCUT2D eigenvalue weighted by atomic mass is 9.95. The number of ether oxygens (including phenoxy) is 5. The van der Waals surface area contributed by atoms with E-state index in [0.29, 0.717) is 13.0 Å². The molecule has 0 spiro atoms. The van der Waals surface area contributed by atoms with Crippen LogP contribution in [0.4, 0.5) is 0 Å². The van der Waals surface area contributed by atoms with Gasteiger partial charge in [0.1, 0.15) is 24.4 Å². The molecule has 2 aliphatic rings. The SMILES string of the molecule is CC(=O)N[C@@H]1[C@H](OCCc2ccccc2)O[C@H]2CO[C@@H](c3ccccc3)O[C@@H]2[C@H]1O[C@H](C)C(=O)[O-]. The highest BCUT2D eigenvalue weighted by atomic mass is 16.8. The minimum atomic E-state index is -1.37. The van der Waals surface area contributed by atoms with Gasteiger partial charge in [-0.25, -0.2) is 0 Å². The maximum absolute atomic E-state index is 12.1. The maximum Gasteiger partial charge on any atom is 0.217 e. The zero-order valence-corrected chi connectivity index (χ0v) is 19.7.